The Morgan fingerprint density at radius 3 is 2.39 bits per heavy atom. The molecule has 1 heterocycles. The normalized spacial score (nSPS) is 17.7. The van der Waals surface area contributed by atoms with E-state index in [9.17, 15) is 14.4 Å². The van der Waals surface area contributed by atoms with Gasteiger partial charge in [-0.3, -0.25) is 14.4 Å². The minimum absolute atomic E-state index is 0.0723. The van der Waals surface area contributed by atoms with Crippen LogP contribution in [0.5, 0.6) is 5.75 Å². The third-order valence-electron chi connectivity index (χ3n) is 5.26. The van der Waals surface area contributed by atoms with Crippen LogP contribution in [0.15, 0.2) is 35.9 Å². The lowest BCUT2D eigenvalue weighted by atomic mass is 9.94. The van der Waals surface area contributed by atoms with Gasteiger partial charge >= 0.3 is 5.97 Å². The molecule has 0 N–H and O–H groups in total. The maximum absolute atomic E-state index is 12.9. The molecule has 3 rings (SSSR count). The number of amides is 2. The molecule has 6 nitrogen and oxygen atoms in total. The molecule has 0 radical (unpaired) electrons. The van der Waals surface area contributed by atoms with Gasteiger partial charge < -0.3 is 14.5 Å². The fourth-order valence-electron chi connectivity index (χ4n) is 3.80. The summed E-state index contributed by atoms with van der Waals surface area (Å²) in [6.07, 6.45) is 8.24. The molecular weight excluding hydrogens is 356 g/mol. The van der Waals surface area contributed by atoms with E-state index in [1.54, 1.807) is 29.2 Å². The standard InChI is InChI=1S/C22H28N2O4/c1-17(25)28-20-10-5-9-19(16-20)22(27)24-12-6-11-23(13-14-24)21(26)15-18-7-3-2-4-8-18/h5,9-10,15-16H,2-4,6-8,11-14H2,1H3. The molecule has 1 saturated carbocycles. The Labute approximate surface area is 166 Å². The molecular formula is C22H28N2O4. The summed E-state index contributed by atoms with van der Waals surface area (Å²) in [5, 5.41) is 0. The Morgan fingerprint density at radius 1 is 0.929 bits per heavy atom. The van der Waals surface area contributed by atoms with Gasteiger partial charge in [0, 0.05) is 44.7 Å². The van der Waals surface area contributed by atoms with Crippen molar-refractivity contribution >= 4 is 17.8 Å². The molecule has 0 spiro atoms. The van der Waals surface area contributed by atoms with Crippen LogP contribution < -0.4 is 4.74 Å². The van der Waals surface area contributed by atoms with Crippen LogP contribution in [0.4, 0.5) is 0 Å². The fourth-order valence-corrected chi connectivity index (χ4v) is 3.80. The molecule has 6 heteroatoms. The molecule has 1 saturated heterocycles. The minimum atomic E-state index is -0.416. The Balaban J connectivity index is 1.60. The Hall–Kier alpha value is -2.63. The molecule has 0 aromatic heterocycles. The maximum Gasteiger partial charge on any atom is 0.308 e. The average molecular weight is 384 g/mol. The van der Waals surface area contributed by atoms with E-state index in [0.29, 0.717) is 37.5 Å². The van der Waals surface area contributed by atoms with Crippen LogP contribution in [0, 0.1) is 0 Å². The lowest BCUT2D eigenvalue weighted by Crippen LogP contribution is -2.37. The van der Waals surface area contributed by atoms with Crippen molar-refractivity contribution in [2.24, 2.45) is 0 Å². The largest absolute Gasteiger partial charge is 0.427 e. The predicted molar refractivity (Wildman–Crippen MR) is 106 cm³/mol. The number of carbonyl (C=O) groups excluding carboxylic acids is 3. The van der Waals surface area contributed by atoms with Crippen LogP contribution >= 0.6 is 0 Å². The zero-order chi connectivity index (χ0) is 19.9. The zero-order valence-corrected chi connectivity index (χ0v) is 16.5. The molecule has 2 amide bonds. The number of hydrogen-bond acceptors (Lipinski definition) is 4. The van der Waals surface area contributed by atoms with Crippen molar-refractivity contribution in [2.75, 3.05) is 26.2 Å². The molecule has 28 heavy (non-hydrogen) atoms. The van der Waals surface area contributed by atoms with Crippen molar-refractivity contribution in [1.82, 2.24) is 9.80 Å². The molecule has 1 aromatic rings. The molecule has 1 aromatic carbocycles. The minimum Gasteiger partial charge on any atom is -0.427 e. The highest BCUT2D eigenvalue weighted by atomic mass is 16.5. The van der Waals surface area contributed by atoms with Crippen LogP contribution in [0.25, 0.3) is 0 Å². The van der Waals surface area contributed by atoms with Gasteiger partial charge in [-0.05, 0) is 50.3 Å². The van der Waals surface area contributed by atoms with E-state index >= 15 is 0 Å². The van der Waals surface area contributed by atoms with Crippen LogP contribution in [-0.2, 0) is 9.59 Å². The first-order valence-corrected chi connectivity index (χ1v) is 10.1. The Bertz CT molecular complexity index is 764. The highest BCUT2D eigenvalue weighted by Crippen LogP contribution is 2.23. The molecule has 0 unspecified atom stereocenters. The van der Waals surface area contributed by atoms with E-state index < -0.39 is 5.97 Å². The van der Waals surface area contributed by atoms with E-state index in [-0.39, 0.29) is 11.8 Å². The highest BCUT2D eigenvalue weighted by molar-refractivity contribution is 5.95. The molecule has 1 aliphatic carbocycles. The lowest BCUT2D eigenvalue weighted by molar-refractivity contribution is -0.132. The Morgan fingerprint density at radius 2 is 1.64 bits per heavy atom. The number of hydrogen-bond donors (Lipinski definition) is 0. The number of esters is 1. The van der Waals surface area contributed by atoms with Crippen LogP contribution in [-0.4, -0.2) is 53.8 Å². The predicted octanol–water partition coefficient (Wildman–Crippen LogP) is 3.18. The van der Waals surface area contributed by atoms with Gasteiger partial charge in [-0.15, -0.1) is 0 Å². The molecule has 0 atom stereocenters. The first-order valence-electron chi connectivity index (χ1n) is 10.1. The van der Waals surface area contributed by atoms with Crippen molar-refractivity contribution in [1.29, 1.82) is 0 Å². The van der Waals surface area contributed by atoms with Crippen molar-refractivity contribution < 1.29 is 19.1 Å². The zero-order valence-electron chi connectivity index (χ0n) is 16.5. The van der Waals surface area contributed by atoms with E-state index in [2.05, 4.69) is 0 Å². The van der Waals surface area contributed by atoms with E-state index in [1.807, 2.05) is 11.0 Å². The maximum atomic E-state index is 12.9. The van der Waals surface area contributed by atoms with Crippen molar-refractivity contribution in [3.8, 4) is 5.75 Å². The molecule has 2 aliphatic rings. The molecule has 2 fully saturated rings. The average Bonchev–Trinajstić information content (AvgIpc) is 2.94. The van der Waals surface area contributed by atoms with Crippen LogP contribution in [0.2, 0.25) is 0 Å². The monoisotopic (exact) mass is 384 g/mol. The van der Waals surface area contributed by atoms with Crippen LogP contribution in [0.1, 0.15) is 55.8 Å². The summed E-state index contributed by atoms with van der Waals surface area (Å²) in [4.78, 5) is 40.2. The summed E-state index contributed by atoms with van der Waals surface area (Å²) in [6.45, 7) is 3.65. The number of nitrogens with zero attached hydrogens (tertiary/aromatic N) is 2. The first-order chi connectivity index (χ1) is 13.5. The number of benzene rings is 1. The summed E-state index contributed by atoms with van der Waals surface area (Å²) >= 11 is 0. The SMILES string of the molecule is CC(=O)Oc1cccc(C(=O)N2CCCN(C(=O)C=C3CCCCC3)CC2)c1. The first kappa shape index (κ1) is 20.1. The molecule has 1 aliphatic heterocycles. The quantitative estimate of drug-likeness (QED) is 0.456. The van der Waals surface area contributed by atoms with Gasteiger partial charge in [0.2, 0.25) is 5.91 Å². The van der Waals surface area contributed by atoms with Gasteiger partial charge in [0.15, 0.2) is 0 Å². The number of rotatable bonds is 3. The van der Waals surface area contributed by atoms with E-state index in [4.69, 9.17) is 4.74 Å². The number of allylic oxidation sites excluding steroid dienone is 1. The second-order valence-electron chi connectivity index (χ2n) is 7.46. The second kappa shape index (κ2) is 9.53. The highest BCUT2D eigenvalue weighted by Gasteiger charge is 2.23. The number of ether oxygens (including phenoxy) is 1. The molecule has 0 bridgehead atoms. The molecule has 150 valence electrons. The topological polar surface area (TPSA) is 66.9 Å². The van der Waals surface area contributed by atoms with Gasteiger partial charge in [-0.25, -0.2) is 0 Å². The van der Waals surface area contributed by atoms with Gasteiger partial charge in [-0.1, -0.05) is 18.1 Å². The van der Waals surface area contributed by atoms with E-state index in [0.717, 1.165) is 19.3 Å². The van der Waals surface area contributed by atoms with Gasteiger partial charge in [0.05, 0.1) is 0 Å². The van der Waals surface area contributed by atoms with Crippen LogP contribution in [0.3, 0.4) is 0 Å². The number of carbonyl (C=O) groups is 3. The summed E-state index contributed by atoms with van der Waals surface area (Å²) in [7, 11) is 0. The lowest BCUT2D eigenvalue weighted by Gasteiger charge is -2.22. The van der Waals surface area contributed by atoms with Gasteiger partial charge in [-0.2, -0.15) is 0 Å². The van der Waals surface area contributed by atoms with Gasteiger partial charge in [0.25, 0.3) is 5.91 Å². The summed E-state index contributed by atoms with van der Waals surface area (Å²) < 4.78 is 5.07. The third kappa shape index (κ3) is 5.44. The van der Waals surface area contributed by atoms with Crippen molar-refractivity contribution in [2.45, 2.75) is 45.4 Å². The summed E-state index contributed by atoms with van der Waals surface area (Å²) in [6, 6.07) is 6.66. The van der Waals surface area contributed by atoms with Crippen molar-refractivity contribution in [3.63, 3.8) is 0 Å². The third-order valence-corrected chi connectivity index (χ3v) is 5.26. The summed E-state index contributed by atoms with van der Waals surface area (Å²) in [5.41, 5.74) is 1.75. The van der Waals surface area contributed by atoms with Gasteiger partial charge in [0.1, 0.15) is 5.75 Å². The fraction of sp³-hybridized carbons (Fsp3) is 0.500. The van der Waals surface area contributed by atoms with E-state index in [1.165, 1.54) is 31.8 Å². The Kier molecular flexibility index (Phi) is 6.85. The van der Waals surface area contributed by atoms with Crippen molar-refractivity contribution in [3.05, 3.63) is 41.5 Å². The summed E-state index contributed by atoms with van der Waals surface area (Å²) in [5.74, 6) is -0.0818. The second-order valence-corrected chi connectivity index (χ2v) is 7.46. The smallest absolute Gasteiger partial charge is 0.308 e.